The minimum atomic E-state index is 0.00393. The first kappa shape index (κ1) is 15.1. The van der Waals surface area contributed by atoms with Crippen molar-refractivity contribution in [1.29, 1.82) is 0 Å². The molecule has 0 amide bonds. The lowest BCUT2D eigenvalue weighted by Gasteiger charge is -2.15. The van der Waals surface area contributed by atoms with E-state index in [1.165, 1.54) is 11.8 Å². The summed E-state index contributed by atoms with van der Waals surface area (Å²) in [7, 11) is 5.35. The van der Waals surface area contributed by atoms with Crippen LogP contribution < -0.4 is 10.6 Å². The second kappa shape index (κ2) is 6.13. The highest BCUT2D eigenvalue weighted by Crippen LogP contribution is 2.26. The van der Waals surface area contributed by atoms with Gasteiger partial charge in [-0.25, -0.2) is 15.0 Å². The van der Waals surface area contributed by atoms with Crippen LogP contribution in [0.5, 0.6) is 0 Å². The standard InChI is InChI=1S/C14H19N5O2S/c1-18-8-15-12(19(2)21-3)11(18)7-22-14-16-10-6-4-5-9(10)13(20)17-14/h8H,4-7H2,1-3H3,(H,16,17,20). The van der Waals surface area contributed by atoms with Gasteiger partial charge in [-0.1, -0.05) is 11.8 Å². The molecule has 1 aliphatic carbocycles. The Morgan fingerprint density at radius 3 is 3.09 bits per heavy atom. The average Bonchev–Trinajstić information content (AvgIpc) is 3.11. The summed E-state index contributed by atoms with van der Waals surface area (Å²) in [5.41, 5.74) is 2.82. The Balaban J connectivity index is 1.80. The molecule has 0 saturated carbocycles. The number of aryl methyl sites for hydroxylation is 2. The minimum absolute atomic E-state index is 0.00393. The van der Waals surface area contributed by atoms with Gasteiger partial charge in [0, 0.05) is 25.4 Å². The Morgan fingerprint density at radius 1 is 1.50 bits per heavy atom. The molecule has 0 spiro atoms. The van der Waals surface area contributed by atoms with Crippen molar-refractivity contribution in [2.45, 2.75) is 30.2 Å². The molecule has 0 atom stereocenters. The average molecular weight is 321 g/mol. The lowest BCUT2D eigenvalue weighted by molar-refractivity contribution is 0.182. The fraction of sp³-hybridized carbons (Fsp3) is 0.500. The highest BCUT2D eigenvalue weighted by molar-refractivity contribution is 7.98. The number of hydrogen-bond acceptors (Lipinski definition) is 6. The summed E-state index contributed by atoms with van der Waals surface area (Å²) in [6.45, 7) is 0. The van der Waals surface area contributed by atoms with Crippen molar-refractivity contribution in [3.8, 4) is 0 Å². The topological polar surface area (TPSA) is 76.0 Å². The normalized spacial score (nSPS) is 13.4. The minimum Gasteiger partial charge on any atom is -0.335 e. The van der Waals surface area contributed by atoms with Gasteiger partial charge in [0.25, 0.3) is 5.56 Å². The molecule has 2 heterocycles. The molecule has 2 aromatic heterocycles. The van der Waals surface area contributed by atoms with Gasteiger partial charge in [-0.2, -0.15) is 0 Å². The summed E-state index contributed by atoms with van der Waals surface area (Å²) in [4.78, 5) is 29.0. The van der Waals surface area contributed by atoms with Crippen molar-refractivity contribution >= 4 is 17.6 Å². The third-order valence-electron chi connectivity index (χ3n) is 3.87. The van der Waals surface area contributed by atoms with Crippen molar-refractivity contribution in [2.75, 3.05) is 19.2 Å². The van der Waals surface area contributed by atoms with E-state index in [0.29, 0.717) is 10.9 Å². The molecule has 118 valence electrons. The molecule has 7 nitrogen and oxygen atoms in total. The molecule has 0 aromatic carbocycles. The second-order valence-electron chi connectivity index (χ2n) is 5.24. The van der Waals surface area contributed by atoms with Crippen molar-refractivity contribution in [3.63, 3.8) is 0 Å². The lowest BCUT2D eigenvalue weighted by Crippen LogP contribution is -2.17. The number of hydroxylamine groups is 1. The maximum Gasteiger partial charge on any atom is 0.254 e. The Bertz CT molecular complexity index is 739. The monoisotopic (exact) mass is 321 g/mol. The van der Waals surface area contributed by atoms with Crippen LogP contribution in [0.15, 0.2) is 16.3 Å². The van der Waals surface area contributed by atoms with E-state index in [4.69, 9.17) is 4.84 Å². The van der Waals surface area contributed by atoms with E-state index in [0.717, 1.165) is 42.0 Å². The number of rotatable bonds is 5. The van der Waals surface area contributed by atoms with Gasteiger partial charge in [-0.3, -0.25) is 9.63 Å². The molecule has 0 radical (unpaired) electrons. The number of hydrogen-bond donors (Lipinski definition) is 1. The summed E-state index contributed by atoms with van der Waals surface area (Å²) < 4.78 is 1.95. The quantitative estimate of drug-likeness (QED) is 0.508. The Kier molecular flexibility index (Phi) is 4.21. The number of thioether (sulfide) groups is 1. The van der Waals surface area contributed by atoms with Crippen molar-refractivity contribution in [2.24, 2.45) is 7.05 Å². The maximum absolute atomic E-state index is 12.0. The van der Waals surface area contributed by atoms with Crippen molar-refractivity contribution < 1.29 is 4.84 Å². The molecular formula is C14H19N5O2S. The smallest absolute Gasteiger partial charge is 0.254 e. The fourth-order valence-electron chi connectivity index (χ4n) is 2.58. The van der Waals surface area contributed by atoms with E-state index in [1.54, 1.807) is 18.5 Å². The molecule has 8 heteroatoms. The van der Waals surface area contributed by atoms with Gasteiger partial charge < -0.3 is 9.55 Å². The van der Waals surface area contributed by atoms with E-state index < -0.39 is 0 Å². The van der Waals surface area contributed by atoms with Crippen LogP contribution >= 0.6 is 11.8 Å². The first-order valence-electron chi connectivity index (χ1n) is 7.13. The van der Waals surface area contributed by atoms with Gasteiger partial charge in [0.15, 0.2) is 11.0 Å². The number of nitrogens with zero attached hydrogens (tertiary/aromatic N) is 4. The van der Waals surface area contributed by atoms with Crippen LogP contribution in [0.2, 0.25) is 0 Å². The number of anilines is 1. The van der Waals surface area contributed by atoms with E-state index in [2.05, 4.69) is 15.0 Å². The van der Waals surface area contributed by atoms with Crippen LogP contribution in [0.4, 0.5) is 5.82 Å². The number of fused-ring (bicyclic) bond motifs is 1. The summed E-state index contributed by atoms with van der Waals surface area (Å²) in [6.07, 6.45) is 4.51. The Morgan fingerprint density at radius 2 is 2.32 bits per heavy atom. The van der Waals surface area contributed by atoms with Crippen molar-refractivity contribution in [1.82, 2.24) is 19.5 Å². The first-order chi connectivity index (χ1) is 10.6. The van der Waals surface area contributed by atoms with Crippen LogP contribution in [0, 0.1) is 0 Å². The summed E-state index contributed by atoms with van der Waals surface area (Å²) in [5, 5.41) is 2.28. The fourth-order valence-corrected chi connectivity index (χ4v) is 3.53. The van der Waals surface area contributed by atoms with Crippen LogP contribution in [-0.2, 0) is 30.5 Å². The SMILES string of the molecule is CON(C)c1ncn(C)c1CSc1nc2c(c(=O)[nH]1)CCC2. The summed E-state index contributed by atoms with van der Waals surface area (Å²) in [5.74, 6) is 1.42. The van der Waals surface area contributed by atoms with Crippen LogP contribution in [0.1, 0.15) is 23.4 Å². The lowest BCUT2D eigenvalue weighted by atomic mass is 10.3. The zero-order chi connectivity index (χ0) is 15.7. The Hall–Kier alpha value is -1.80. The first-order valence-corrected chi connectivity index (χ1v) is 8.11. The number of aromatic nitrogens is 4. The molecule has 0 saturated heterocycles. The maximum atomic E-state index is 12.0. The highest BCUT2D eigenvalue weighted by atomic mass is 32.2. The Labute approximate surface area is 132 Å². The van der Waals surface area contributed by atoms with Crippen LogP contribution in [0.3, 0.4) is 0 Å². The molecule has 1 N–H and O–H groups in total. The molecule has 0 bridgehead atoms. The van der Waals surface area contributed by atoms with E-state index in [1.807, 2.05) is 18.7 Å². The van der Waals surface area contributed by atoms with Gasteiger partial charge in [0.2, 0.25) is 0 Å². The molecular weight excluding hydrogens is 302 g/mol. The van der Waals surface area contributed by atoms with E-state index in [-0.39, 0.29) is 5.56 Å². The van der Waals surface area contributed by atoms with Gasteiger partial charge in [0.1, 0.15) is 0 Å². The van der Waals surface area contributed by atoms with Gasteiger partial charge >= 0.3 is 0 Å². The number of aromatic amines is 1. The summed E-state index contributed by atoms with van der Waals surface area (Å²) in [6, 6.07) is 0. The molecule has 0 aliphatic heterocycles. The van der Waals surface area contributed by atoms with Gasteiger partial charge in [-0.15, -0.1) is 0 Å². The van der Waals surface area contributed by atoms with Crippen LogP contribution in [0.25, 0.3) is 0 Å². The number of nitrogens with one attached hydrogen (secondary N) is 1. The van der Waals surface area contributed by atoms with Crippen molar-refractivity contribution in [3.05, 3.63) is 33.6 Å². The molecule has 22 heavy (non-hydrogen) atoms. The zero-order valence-corrected chi connectivity index (χ0v) is 13.7. The largest absolute Gasteiger partial charge is 0.335 e. The molecule has 3 rings (SSSR count). The molecule has 0 fully saturated rings. The highest BCUT2D eigenvalue weighted by Gasteiger charge is 2.18. The molecule has 1 aliphatic rings. The zero-order valence-electron chi connectivity index (χ0n) is 12.9. The van der Waals surface area contributed by atoms with E-state index in [9.17, 15) is 4.79 Å². The van der Waals surface area contributed by atoms with Gasteiger partial charge in [-0.05, 0) is 19.3 Å². The number of imidazole rings is 1. The summed E-state index contributed by atoms with van der Waals surface area (Å²) >= 11 is 1.50. The molecule has 0 unspecified atom stereocenters. The van der Waals surface area contributed by atoms with Crippen LogP contribution in [-0.4, -0.2) is 33.7 Å². The number of H-pyrrole nitrogens is 1. The second-order valence-corrected chi connectivity index (χ2v) is 6.21. The van der Waals surface area contributed by atoms with Gasteiger partial charge in [0.05, 0.1) is 24.8 Å². The van der Waals surface area contributed by atoms with E-state index >= 15 is 0 Å². The third kappa shape index (κ3) is 2.76. The predicted molar refractivity (Wildman–Crippen MR) is 85.1 cm³/mol. The molecule has 2 aromatic rings. The third-order valence-corrected chi connectivity index (χ3v) is 4.76. The predicted octanol–water partition coefficient (Wildman–Crippen LogP) is 1.28.